The number of carbonyl (C=O) groups is 1. The van der Waals surface area contributed by atoms with Crippen LogP contribution in [0.2, 0.25) is 0 Å². The molecule has 1 aliphatic carbocycles. The zero-order valence-electron chi connectivity index (χ0n) is 17.9. The molecule has 3 heterocycles. The summed E-state index contributed by atoms with van der Waals surface area (Å²) in [6, 6.07) is 17.3. The van der Waals surface area contributed by atoms with Gasteiger partial charge in [0.25, 0.3) is 11.5 Å². The lowest BCUT2D eigenvalue weighted by Crippen LogP contribution is -2.31. The lowest BCUT2D eigenvalue weighted by Gasteiger charge is -2.24. The summed E-state index contributed by atoms with van der Waals surface area (Å²) < 4.78 is 3.64. The molecule has 0 spiro atoms. The minimum atomic E-state index is -0.260. The number of amides is 1. The minimum absolute atomic E-state index is 0.132. The number of hydrogen-bond donors (Lipinski definition) is 2. The molecular weight excluding hydrogens is 416 g/mol. The molecule has 0 saturated carbocycles. The van der Waals surface area contributed by atoms with Gasteiger partial charge in [0.1, 0.15) is 11.2 Å². The normalized spacial score (nSPS) is 15.6. The van der Waals surface area contributed by atoms with Crippen molar-refractivity contribution in [3.05, 3.63) is 99.7 Å². The molecule has 1 atom stereocenters. The highest BCUT2D eigenvalue weighted by molar-refractivity contribution is 6.00. The first-order valence-corrected chi connectivity index (χ1v) is 11.1. The number of fused-ring (bicyclic) bond motifs is 4. The number of carbonyl (C=O) groups excluding carboxylic acids is 1. The molecule has 0 aliphatic heterocycles. The monoisotopic (exact) mass is 438 g/mol. The van der Waals surface area contributed by atoms with Crippen LogP contribution < -0.4 is 10.9 Å². The van der Waals surface area contributed by atoms with E-state index in [1.807, 2.05) is 41.2 Å². The number of aromatic nitrogens is 5. The Balaban J connectivity index is 1.30. The van der Waals surface area contributed by atoms with Crippen LogP contribution in [0.1, 0.15) is 46.1 Å². The molecule has 0 radical (unpaired) electrons. The fourth-order valence-corrected chi connectivity index (χ4v) is 4.74. The van der Waals surface area contributed by atoms with Crippen LogP contribution >= 0.6 is 0 Å². The van der Waals surface area contributed by atoms with E-state index in [-0.39, 0.29) is 17.5 Å². The summed E-state index contributed by atoms with van der Waals surface area (Å²) in [7, 11) is 0. The van der Waals surface area contributed by atoms with E-state index in [1.54, 1.807) is 16.6 Å². The highest BCUT2D eigenvalue weighted by Gasteiger charge is 2.27. The maximum Gasteiger partial charge on any atom is 0.259 e. The Morgan fingerprint density at radius 1 is 1.06 bits per heavy atom. The van der Waals surface area contributed by atoms with Crippen molar-refractivity contribution in [3.8, 4) is 0 Å². The van der Waals surface area contributed by atoms with Crippen molar-refractivity contribution in [2.45, 2.75) is 31.8 Å². The van der Waals surface area contributed by atoms with Gasteiger partial charge in [0.15, 0.2) is 0 Å². The van der Waals surface area contributed by atoms with Crippen molar-refractivity contribution < 1.29 is 4.79 Å². The Morgan fingerprint density at radius 2 is 1.88 bits per heavy atom. The van der Waals surface area contributed by atoms with Crippen molar-refractivity contribution in [1.29, 1.82) is 0 Å². The Kier molecular flexibility index (Phi) is 4.57. The summed E-state index contributed by atoms with van der Waals surface area (Å²) in [4.78, 5) is 28.6. The third-order valence-corrected chi connectivity index (χ3v) is 6.37. The predicted molar refractivity (Wildman–Crippen MR) is 124 cm³/mol. The molecule has 3 aromatic heterocycles. The summed E-state index contributed by atoms with van der Waals surface area (Å²) in [5.41, 5.74) is 4.58. The number of benzene rings is 2. The SMILES string of the molecule is O=C(NC1CCCc2c1cnn2Cc1ccccc1)c1cnn2c1[nH]c(=O)c1ccccc12. The highest BCUT2D eigenvalue weighted by Crippen LogP contribution is 2.30. The van der Waals surface area contributed by atoms with Gasteiger partial charge in [0.2, 0.25) is 0 Å². The fraction of sp³-hybridized carbons (Fsp3) is 0.200. The number of para-hydroxylation sites is 1. The molecule has 0 saturated heterocycles. The first-order chi connectivity index (χ1) is 16.2. The molecule has 1 unspecified atom stereocenters. The standard InChI is InChI=1S/C25H22N6O2/c32-24-17-9-4-5-11-22(17)31-23(29-24)19(14-27-31)25(33)28-20-10-6-12-21-18(20)13-26-30(21)15-16-7-2-1-3-8-16/h1-5,7-9,11,13-14,20H,6,10,12,15H2,(H,28,33)(H,29,32). The van der Waals surface area contributed by atoms with Gasteiger partial charge in [0.05, 0.1) is 35.9 Å². The number of hydrogen-bond acceptors (Lipinski definition) is 4. The molecule has 0 bridgehead atoms. The molecule has 2 N–H and O–H groups in total. The maximum absolute atomic E-state index is 13.2. The molecule has 8 heteroatoms. The Bertz CT molecular complexity index is 1550. The van der Waals surface area contributed by atoms with Crippen LogP contribution in [-0.4, -0.2) is 30.3 Å². The number of rotatable bonds is 4. The molecule has 164 valence electrons. The number of nitrogens with zero attached hydrogens (tertiary/aromatic N) is 4. The molecule has 6 rings (SSSR count). The van der Waals surface area contributed by atoms with Crippen molar-refractivity contribution in [3.63, 3.8) is 0 Å². The average molecular weight is 438 g/mol. The van der Waals surface area contributed by atoms with Gasteiger partial charge < -0.3 is 10.3 Å². The second kappa shape index (κ2) is 7.74. The lowest BCUT2D eigenvalue weighted by molar-refractivity contribution is 0.0934. The van der Waals surface area contributed by atoms with E-state index < -0.39 is 0 Å². The second-order valence-corrected chi connectivity index (χ2v) is 8.40. The van der Waals surface area contributed by atoms with Crippen LogP contribution in [0, 0.1) is 0 Å². The van der Waals surface area contributed by atoms with Crippen molar-refractivity contribution in [2.24, 2.45) is 0 Å². The van der Waals surface area contributed by atoms with E-state index in [9.17, 15) is 9.59 Å². The van der Waals surface area contributed by atoms with E-state index in [4.69, 9.17) is 0 Å². The second-order valence-electron chi connectivity index (χ2n) is 8.40. The van der Waals surface area contributed by atoms with E-state index >= 15 is 0 Å². The number of H-pyrrole nitrogens is 1. The van der Waals surface area contributed by atoms with Crippen LogP contribution in [0.3, 0.4) is 0 Å². The zero-order valence-corrected chi connectivity index (χ0v) is 17.9. The molecule has 8 nitrogen and oxygen atoms in total. The predicted octanol–water partition coefficient (Wildman–Crippen LogP) is 3.23. The van der Waals surface area contributed by atoms with Gasteiger partial charge in [-0.3, -0.25) is 14.3 Å². The summed E-state index contributed by atoms with van der Waals surface area (Å²) in [5, 5.41) is 12.7. The molecule has 1 aliphatic rings. The topological polar surface area (TPSA) is 97.1 Å². The van der Waals surface area contributed by atoms with Crippen LogP contribution in [0.25, 0.3) is 16.6 Å². The zero-order chi connectivity index (χ0) is 22.4. The molecule has 2 aromatic carbocycles. The van der Waals surface area contributed by atoms with Gasteiger partial charge in [-0.25, -0.2) is 4.52 Å². The first-order valence-electron chi connectivity index (χ1n) is 11.1. The van der Waals surface area contributed by atoms with Crippen LogP contribution in [-0.2, 0) is 13.0 Å². The molecular formula is C25H22N6O2. The molecule has 5 aromatic rings. The highest BCUT2D eigenvalue weighted by atomic mass is 16.2. The number of aromatic amines is 1. The molecule has 0 fully saturated rings. The minimum Gasteiger partial charge on any atom is -0.345 e. The van der Waals surface area contributed by atoms with Gasteiger partial charge in [0, 0.05) is 11.3 Å². The van der Waals surface area contributed by atoms with Crippen molar-refractivity contribution in [2.75, 3.05) is 0 Å². The lowest BCUT2D eigenvalue weighted by atomic mass is 9.92. The van der Waals surface area contributed by atoms with Gasteiger partial charge in [-0.2, -0.15) is 10.2 Å². The van der Waals surface area contributed by atoms with Gasteiger partial charge in [-0.1, -0.05) is 42.5 Å². The van der Waals surface area contributed by atoms with Crippen LogP contribution in [0.5, 0.6) is 0 Å². The third-order valence-electron chi connectivity index (χ3n) is 6.37. The first kappa shape index (κ1) is 19.5. The van der Waals surface area contributed by atoms with Gasteiger partial charge in [-0.15, -0.1) is 0 Å². The third kappa shape index (κ3) is 3.31. The van der Waals surface area contributed by atoms with E-state index in [0.29, 0.717) is 28.7 Å². The Labute approximate surface area is 188 Å². The summed E-state index contributed by atoms with van der Waals surface area (Å²) in [5.74, 6) is -0.260. The smallest absolute Gasteiger partial charge is 0.259 e. The quantitative estimate of drug-likeness (QED) is 0.450. The summed E-state index contributed by atoms with van der Waals surface area (Å²) in [6.45, 7) is 0.708. The summed E-state index contributed by atoms with van der Waals surface area (Å²) >= 11 is 0. The van der Waals surface area contributed by atoms with E-state index in [0.717, 1.165) is 30.5 Å². The maximum atomic E-state index is 13.2. The average Bonchev–Trinajstić information content (AvgIpc) is 3.45. The Morgan fingerprint density at radius 3 is 2.76 bits per heavy atom. The van der Waals surface area contributed by atoms with Gasteiger partial charge in [-0.05, 0) is 37.0 Å². The fourth-order valence-electron chi connectivity index (χ4n) is 4.74. The van der Waals surface area contributed by atoms with Crippen LogP contribution in [0.15, 0.2) is 71.8 Å². The van der Waals surface area contributed by atoms with E-state index in [2.05, 4.69) is 32.6 Å². The summed E-state index contributed by atoms with van der Waals surface area (Å²) in [6.07, 6.45) is 6.12. The number of nitrogens with one attached hydrogen (secondary N) is 2. The van der Waals surface area contributed by atoms with E-state index in [1.165, 1.54) is 11.8 Å². The van der Waals surface area contributed by atoms with Crippen molar-refractivity contribution >= 4 is 22.5 Å². The van der Waals surface area contributed by atoms with Crippen molar-refractivity contribution in [1.82, 2.24) is 29.7 Å². The largest absolute Gasteiger partial charge is 0.345 e. The van der Waals surface area contributed by atoms with Crippen LogP contribution in [0.4, 0.5) is 0 Å². The van der Waals surface area contributed by atoms with Gasteiger partial charge >= 0.3 is 0 Å². The molecule has 1 amide bonds. The Hall–Kier alpha value is -4.20. The molecule has 33 heavy (non-hydrogen) atoms.